The number of aryl methyl sites for hydroxylation is 1. The van der Waals surface area contributed by atoms with Gasteiger partial charge in [-0.25, -0.2) is 13.1 Å². The molecule has 0 aliphatic rings. The number of rotatable bonds is 7. The first-order chi connectivity index (χ1) is 12.9. The van der Waals surface area contributed by atoms with Crippen molar-refractivity contribution < 1.29 is 8.42 Å². The maximum atomic E-state index is 11.9. The Hall–Kier alpha value is -1.65. The predicted octanol–water partition coefficient (Wildman–Crippen LogP) is 2.99. The summed E-state index contributed by atoms with van der Waals surface area (Å²) >= 11 is 0. The molecule has 0 spiro atoms. The van der Waals surface area contributed by atoms with Crippen molar-refractivity contribution in [1.29, 1.82) is 0 Å². The fourth-order valence-electron chi connectivity index (χ4n) is 2.69. The lowest BCUT2D eigenvalue weighted by Crippen LogP contribution is -2.38. The smallest absolute Gasteiger partial charge is 0.240 e. The summed E-state index contributed by atoms with van der Waals surface area (Å²) in [6, 6.07) is 15.3. The molecule has 28 heavy (non-hydrogen) atoms. The topological polar surface area (TPSA) is 82.6 Å². The van der Waals surface area contributed by atoms with E-state index in [1.54, 1.807) is 25.2 Å². The van der Waals surface area contributed by atoms with Crippen molar-refractivity contribution in [3.05, 3.63) is 65.2 Å². The van der Waals surface area contributed by atoms with E-state index in [0.717, 1.165) is 12.1 Å². The van der Waals surface area contributed by atoms with Gasteiger partial charge in [0, 0.05) is 20.1 Å². The van der Waals surface area contributed by atoms with E-state index in [1.165, 1.54) is 18.2 Å². The average molecular weight is 516 g/mol. The van der Waals surface area contributed by atoms with Crippen LogP contribution in [-0.2, 0) is 16.6 Å². The molecule has 6 nitrogen and oxygen atoms in total. The largest absolute Gasteiger partial charge is 0.356 e. The van der Waals surface area contributed by atoms with Crippen molar-refractivity contribution in [1.82, 2.24) is 15.4 Å². The standard InChI is InChI=1S/C20H28N4O2S.HI/c1-15-7-5-9-18(11-15)16(2)13-23-20(21-3)24-14-17-8-6-10-19(12-17)27(25,26)22-4;/h5-12,16,22H,13-14H2,1-4H3,(H2,21,23,24);1H. The molecule has 2 rings (SSSR count). The van der Waals surface area contributed by atoms with Gasteiger partial charge in [0.05, 0.1) is 4.90 Å². The minimum atomic E-state index is -3.44. The predicted molar refractivity (Wildman–Crippen MR) is 126 cm³/mol. The molecule has 2 aromatic carbocycles. The van der Waals surface area contributed by atoms with E-state index in [2.05, 4.69) is 58.5 Å². The van der Waals surface area contributed by atoms with E-state index >= 15 is 0 Å². The molecule has 3 N–H and O–H groups in total. The highest BCUT2D eigenvalue weighted by Gasteiger charge is 2.11. The summed E-state index contributed by atoms with van der Waals surface area (Å²) in [4.78, 5) is 4.49. The Morgan fingerprint density at radius 2 is 1.82 bits per heavy atom. The number of nitrogens with zero attached hydrogens (tertiary/aromatic N) is 1. The molecule has 2 aromatic rings. The molecule has 0 heterocycles. The molecule has 0 amide bonds. The third-order valence-corrected chi connectivity index (χ3v) is 5.76. The molecule has 0 saturated heterocycles. The molecule has 0 bridgehead atoms. The van der Waals surface area contributed by atoms with Gasteiger partial charge in [0.15, 0.2) is 5.96 Å². The van der Waals surface area contributed by atoms with Crippen LogP contribution in [0.4, 0.5) is 0 Å². The Balaban J connectivity index is 0.00000392. The van der Waals surface area contributed by atoms with E-state index < -0.39 is 10.0 Å². The number of guanidine groups is 1. The molecule has 8 heteroatoms. The Bertz CT molecular complexity index is 901. The zero-order valence-electron chi connectivity index (χ0n) is 16.7. The molecule has 0 aliphatic heterocycles. The first-order valence-corrected chi connectivity index (χ1v) is 10.4. The number of aliphatic imine (C=N–C) groups is 1. The van der Waals surface area contributed by atoms with E-state index in [1.807, 2.05) is 6.07 Å². The molecular weight excluding hydrogens is 487 g/mol. The Kier molecular flexibility index (Phi) is 9.91. The van der Waals surface area contributed by atoms with Crippen LogP contribution in [0.1, 0.15) is 29.5 Å². The maximum Gasteiger partial charge on any atom is 0.240 e. The summed E-state index contributed by atoms with van der Waals surface area (Å²) in [7, 11) is -0.323. The van der Waals surface area contributed by atoms with Gasteiger partial charge < -0.3 is 10.6 Å². The first-order valence-electron chi connectivity index (χ1n) is 8.89. The van der Waals surface area contributed by atoms with Crippen LogP contribution in [0.3, 0.4) is 0 Å². The van der Waals surface area contributed by atoms with Gasteiger partial charge in [-0.15, -0.1) is 24.0 Å². The van der Waals surface area contributed by atoms with Crippen LogP contribution < -0.4 is 15.4 Å². The molecular formula is C20H29IN4O2S. The SMILES string of the molecule is CN=C(NCc1cccc(S(=O)(=O)NC)c1)NCC(C)c1cccc(C)c1.I. The molecule has 0 fully saturated rings. The van der Waals surface area contributed by atoms with Crippen molar-refractivity contribution in [2.45, 2.75) is 31.2 Å². The molecule has 0 aromatic heterocycles. The summed E-state index contributed by atoms with van der Waals surface area (Å²) in [5.74, 6) is 1.02. The van der Waals surface area contributed by atoms with E-state index in [-0.39, 0.29) is 28.9 Å². The molecule has 0 radical (unpaired) electrons. The molecule has 0 saturated carbocycles. The molecule has 1 atom stereocenters. The van der Waals surface area contributed by atoms with Crippen LogP contribution in [0.2, 0.25) is 0 Å². The summed E-state index contributed by atoms with van der Waals surface area (Å²) < 4.78 is 26.2. The normalized spacial score (nSPS) is 12.8. The van der Waals surface area contributed by atoms with Crippen LogP contribution in [0.15, 0.2) is 58.4 Å². The van der Waals surface area contributed by atoms with Crippen molar-refractivity contribution >= 4 is 40.0 Å². The first kappa shape index (κ1) is 24.4. The highest BCUT2D eigenvalue weighted by molar-refractivity contribution is 14.0. The lowest BCUT2D eigenvalue weighted by Gasteiger charge is -2.17. The number of halogens is 1. The number of hydrogen-bond donors (Lipinski definition) is 3. The zero-order chi connectivity index (χ0) is 19.9. The quantitative estimate of drug-likeness (QED) is 0.300. The molecule has 0 aliphatic carbocycles. The lowest BCUT2D eigenvalue weighted by molar-refractivity contribution is 0.588. The van der Waals surface area contributed by atoms with Gasteiger partial charge in [0.1, 0.15) is 0 Å². The third kappa shape index (κ3) is 7.06. The van der Waals surface area contributed by atoms with Gasteiger partial charge in [-0.05, 0) is 43.1 Å². The summed E-state index contributed by atoms with van der Waals surface area (Å²) in [6.45, 7) is 5.48. The van der Waals surface area contributed by atoms with Crippen molar-refractivity contribution in [3.63, 3.8) is 0 Å². The number of benzene rings is 2. The molecule has 1 unspecified atom stereocenters. The minimum Gasteiger partial charge on any atom is -0.356 e. The summed E-state index contributed by atoms with van der Waals surface area (Å²) in [6.07, 6.45) is 0. The second kappa shape index (κ2) is 11.4. The summed E-state index contributed by atoms with van der Waals surface area (Å²) in [5, 5.41) is 6.55. The summed E-state index contributed by atoms with van der Waals surface area (Å²) in [5.41, 5.74) is 3.39. The van der Waals surface area contributed by atoms with Gasteiger partial charge in [-0.3, -0.25) is 4.99 Å². The zero-order valence-corrected chi connectivity index (χ0v) is 19.8. The van der Waals surface area contributed by atoms with Crippen LogP contribution in [-0.4, -0.2) is 35.0 Å². The Morgan fingerprint density at radius 3 is 2.46 bits per heavy atom. The van der Waals surface area contributed by atoms with Crippen molar-refractivity contribution in [2.24, 2.45) is 4.99 Å². The van der Waals surface area contributed by atoms with Crippen molar-refractivity contribution in [3.8, 4) is 0 Å². The maximum absolute atomic E-state index is 11.9. The second-order valence-electron chi connectivity index (χ2n) is 6.48. The van der Waals surface area contributed by atoms with Gasteiger partial charge in [-0.1, -0.05) is 48.9 Å². The number of sulfonamides is 1. The van der Waals surface area contributed by atoms with Gasteiger partial charge in [0.25, 0.3) is 0 Å². The van der Waals surface area contributed by atoms with Crippen LogP contribution in [0.5, 0.6) is 0 Å². The van der Waals surface area contributed by atoms with Gasteiger partial charge >= 0.3 is 0 Å². The molecule has 154 valence electrons. The van der Waals surface area contributed by atoms with Crippen LogP contribution in [0.25, 0.3) is 0 Å². The highest BCUT2D eigenvalue weighted by Crippen LogP contribution is 2.15. The second-order valence-corrected chi connectivity index (χ2v) is 8.36. The number of nitrogens with one attached hydrogen (secondary N) is 3. The van der Waals surface area contributed by atoms with E-state index in [4.69, 9.17) is 0 Å². The van der Waals surface area contributed by atoms with Crippen molar-refractivity contribution in [2.75, 3.05) is 20.6 Å². The Morgan fingerprint density at radius 1 is 1.11 bits per heavy atom. The Labute approximate surface area is 185 Å². The van der Waals surface area contributed by atoms with Crippen LogP contribution in [0, 0.1) is 6.92 Å². The minimum absolute atomic E-state index is 0. The fraction of sp³-hybridized carbons (Fsp3) is 0.350. The monoisotopic (exact) mass is 516 g/mol. The number of hydrogen-bond acceptors (Lipinski definition) is 3. The van der Waals surface area contributed by atoms with Crippen LogP contribution >= 0.6 is 24.0 Å². The van der Waals surface area contributed by atoms with Gasteiger partial charge in [-0.2, -0.15) is 0 Å². The van der Waals surface area contributed by atoms with Gasteiger partial charge in [0.2, 0.25) is 10.0 Å². The average Bonchev–Trinajstić information content (AvgIpc) is 2.68. The highest BCUT2D eigenvalue weighted by atomic mass is 127. The van der Waals surface area contributed by atoms with E-state index in [9.17, 15) is 8.42 Å². The fourth-order valence-corrected chi connectivity index (χ4v) is 3.49. The third-order valence-electron chi connectivity index (χ3n) is 4.35. The lowest BCUT2D eigenvalue weighted by atomic mass is 9.99. The van der Waals surface area contributed by atoms with E-state index in [0.29, 0.717) is 18.4 Å².